The SMILES string of the molecule is CC(C)(C(=O)N1CCCC(N)C1)c1cccc(Br)c1. The van der Waals surface area contributed by atoms with Gasteiger partial charge in [0.1, 0.15) is 0 Å². The molecule has 2 N–H and O–H groups in total. The summed E-state index contributed by atoms with van der Waals surface area (Å²) in [6, 6.07) is 8.09. The molecule has 0 aromatic heterocycles. The molecule has 104 valence electrons. The molecule has 1 saturated heterocycles. The van der Waals surface area contributed by atoms with Crippen LogP contribution in [0.3, 0.4) is 0 Å². The lowest BCUT2D eigenvalue weighted by Crippen LogP contribution is -2.51. The van der Waals surface area contributed by atoms with Crippen molar-refractivity contribution < 1.29 is 4.79 Å². The highest BCUT2D eigenvalue weighted by atomic mass is 79.9. The Morgan fingerprint density at radius 2 is 2.21 bits per heavy atom. The Morgan fingerprint density at radius 1 is 1.47 bits per heavy atom. The number of amides is 1. The van der Waals surface area contributed by atoms with Gasteiger partial charge in [-0.25, -0.2) is 0 Å². The number of benzene rings is 1. The number of carbonyl (C=O) groups is 1. The number of hydrogen-bond acceptors (Lipinski definition) is 2. The fourth-order valence-corrected chi connectivity index (χ4v) is 2.99. The van der Waals surface area contributed by atoms with E-state index in [1.54, 1.807) is 0 Å². The van der Waals surface area contributed by atoms with Crippen molar-refractivity contribution in [1.82, 2.24) is 4.90 Å². The minimum Gasteiger partial charge on any atom is -0.340 e. The maximum atomic E-state index is 12.7. The molecule has 1 amide bonds. The molecule has 1 aliphatic rings. The number of rotatable bonds is 2. The first-order chi connectivity index (χ1) is 8.91. The number of nitrogens with zero attached hydrogens (tertiary/aromatic N) is 1. The van der Waals surface area contributed by atoms with Gasteiger partial charge in [0, 0.05) is 23.6 Å². The van der Waals surface area contributed by atoms with Gasteiger partial charge in [-0.3, -0.25) is 4.79 Å². The molecule has 1 unspecified atom stereocenters. The number of nitrogens with two attached hydrogens (primary N) is 1. The Labute approximate surface area is 123 Å². The van der Waals surface area contributed by atoms with Crippen LogP contribution in [-0.2, 0) is 10.2 Å². The van der Waals surface area contributed by atoms with Gasteiger partial charge in [-0.2, -0.15) is 0 Å². The fourth-order valence-electron chi connectivity index (χ4n) is 2.59. The first-order valence-corrected chi connectivity index (χ1v) is 7.51. The zero-order chi connectivity index (χ0) is 14.0. The maximum Gasteiger partial charge on any atom is 0.232 e. The van der Waals surface area contributed by atoms with Gasteiger partial charge in [-0.1, -0.05) is 28.1 Å². The summed E-state index contributed by atoms with van der Waals surface area (Å²) in [5.41, 5.74) is 6.49. The second-order valence-corrected chi connectivity index (χ2v) is 6.70. The van der Waals surface area contributed by atoms with Crippen molar-refractivity contribution in [3.63, 3.8) is 0 Å². The van der Waals surface area contributed by atoms with Gasteiger partial charge in [0.25, 0.3) is 0 Å². The Bertz CT molecular complexity index is 473. The molecule has 0 saturated carbocycles. The van der Waals surface area contributed by atoms with Crippen molar-refractivity contribution in [2.75, 3.05) is 13.1 Å². The first-order valence-electron chi connectivity index (χ1n) is 6.72. The molecule has 0 spiro atoms. The van der Waals surface area contributed by atoms with Gasteiger partial charge in [0.15, 0.2) is 0 Å². The number of piperidine rings is 1. The summed E-state index contributed by atoms with van der Waals surface area (Å²) in [4.78, 5) is 14.6. The van der Waals surface area contributed by atoms with Crippen LogP contribution in [0.25, 0.3) is 0 Å². The predicted octanol–water partition coefficient (Wildman–Crippen LogP) is 2.68. The van der Waals surface area contributed by atoms with Crippen LogP contribution in [0.5, 0.6) is 0 Å². The zero-order valence-electron chi connectivity index (χ0n) is 11.5. The quantitative estimate of drug-likeness (QED) is 0.909. The summed E-state index contributed by atoms with van der Waals surface area (Å²) >= 11 is 3.46. The fraction of sp³-hybridized carbons (Fsp3) is 0.533. The van der Waals surface area contributed by atoms with Crippen LogP contribution in [-0.4, -0.2) is 29.9 Å². The predicted molar refractivity (Wildman–Crippen MR) is 81.0 cm³/mol. The van der Waals surface area contributed by atoms with E-state index in [9.17, 15) is 4.79 Å². The smallest absolute Gasteiger partial charge is 0.232 e. The first kappa shape index (κ1) is 14.5. The van der Waals surface area contributed by atoms with Crippen LogP contribution in [0, 0.1) is 0 Å². The number of likely N-dealkylation sites (tertiary alicyclic amines) is 1. The summed E-state index contributed by atoms with van der Waals surface area (Å²) in [7, 11) is 0. The van der Waals surface area contributed by atoms with E-state index < -0.39 is 5.41 Å². The molecule has 1 aliphatic heterocycles. The third-order valence-corrected chi connectivity index (χ3v) is 4.32. The molecule has 1 heterocycles. The van der Waals surface area contributed by atoms with E-state index in [1.807, 2.05) is 43.0 Å². The van der Waals surface area contributed by atoms with Gasteiger partial charge < -0.3 is 10.6 Å². The minimum absolute atomic E-state index is 0.121. The van der Waals surface area contributed by atoms with E-state index in [0.717, 1.165) is 29.4 Å². The van der Waals surface area contributed by atoms with Crippen molar-refractivity contribution in [3.8, 4) is 0 Å². The second kappa shape index (κ2) is 5.63. The molecule has 0 radical (unpaired) electrons. The Kier molecular flexibility index (Phi) is 4.31. The Balaban J connectivity index is 2.21. The summed E-state index contributed by atoms with van der Waals surface area (Å²) in [5.74, 6) is 0.167. The molecule has 1 aromatic rings. The number of carbonyl (C=O) groups excluding carboxylic acids is 1. The highest BCUT2D eigenvalue weighted by Gasteiger charge is 2.35. The molecule has 2 rings (SSSR count). The molecular weight excluding hydrogens is 304 g/mol. The van der Waals surface area contributed by atoms with Gasteiger partial charge in [0.05, 0.1) is 5.41 Å². The van der Waals surface area contributed by atoms with Crippen LogP contribution >= 0.6 is 15.9 Å². The van der Waals surface area contributed by atoms with E-state index >= 15 is 0 Å². The normalized spacial score (nSPS) is 20.4. The maximum absolute atomic E-state index is 12.7. The lowest BCUT2D eigenvalue weighted by atomic mass is 9.82. The summed E-state index contributed by atoms with van der Waals surface area (Å²) in [6.07, 6.45) is 2.02. The van der Waals surface area contributed by atoms with E-state index in [0.29, 0.717) is 6.54 Å². The van der Waals surface area contributed by atoms with Crippen LogP contribution in [0.15, 0.2) is 28.7 Å². The molecule has 1 aromatic carbocycles. The number of halogens is 1. The molecule has 1 fully saturated rings. The highest BCUT2D eigenvalue weighted by molar-refractivity contribution is 9.10. The number of hydrogen-bond donors (Lipinski definition) is 1. The highest BCUT2D eigenvalue weighted by Crippen LogP contribution is 2.29. The van der Waals surface area contributed by atoms with E-state index in [2.05, 4.69) is 15.9 Å². The van der Waals surface area contributed by atoms with Crippen molar-refractivity contribution >= 4 is 21.8 Å². The molecular formula is C15H21BrN2O. The minimum atomic E-state index is -0.513. The lowest BCUT2D eigenvalue weighted by Gasteiger charge is -2.36. The molecule has 4 heteroatoms. The van der Waals surface area contributed by atoms with Crippen molar-refractivity contribution in [2.24, 2.45) is 5.73 Å². The van der Waals surface area contributed by atoms with Crippen molar-refractivity contribution in [1.29, 1.82) is 0 Å². The van der Waals surface area contributed by atoms with Crippen LogP contribution < -0.4 is 5.73 Å². The van der Waals surface area contributed by atoms with Gasteiger partial charge in [0.2, 0.25) is 5.91 Å². The summed E-state index contributed by atoms with van der Waals surface area (Å²) in [6.45, 7) is 5.47. The van der Waals surface area contributed by atoms with Gasteiger partial charge >= 0.3 is 0 Å². The standard InChI is InChI=1S/C15H21BrN2O/c1-15(2,11-5-3-6-12(16)9-11)14(19)18-8-4-7-13(17)10-18/h3,5-6,9,13H,4,7-8,10,17H2,1-2H3. The van der Waals surface area contributed by atoms with E-state index in [1.165, 1.54) is 0 Å². The van der Waals surface area contributed by atoms with Gasteiger partial charge in [-0.15, -0.1) is 0 Å². The van der Waals surface area contributed by atoms with Crippen LogP contribution in [0.1, 0.15) is 32.3 Å². The molecule has 0 bridgehead atoms. The molecule has 3 nitrogen and oxygen atoms in total. The average molecular weight is 325 g/mol. The molecule has 1 atom stereocenters. The largest absolute Gasteiger partial charge is 0.340 e. The van der Waals surface area contributed by atoms with E-state index in [-0.39, 0.29) is 11.9 Å². The van der Waals surface area contributed by atoms with Crippen LogP contribution in [0.4, 0.5) is 0 Å². The zero-order valence-corrected chi connectivity index (χ0v) is 13.1. The monoisotopic (exact) mass is 324 g/mol. The summed E-state index contributed by atoms with van der Waals surface area (Å²) in [5, 5.41) is 0. The van der Waals surface area contributed by atoms with Gasteiger partial charge in [-0.05, 0) is 44.4 Å². The Hall–Kier alpha value is -0.870. The topological polar surface area (TPSA) is 46.3 Å². The molecule has 0 aliphatic carbocycles. The van der Waals surface area contributed by atoms with Crippen LogP contribution in [0.2, 0.25) is 0 Å². The van der Waals surface area contributed by atoms with Crippen molar-refractivity contribution in [2.45, 2.75) is 38.1 Å². The third-order valence-electron chi connectivity index (χ3n) is 3.83. The van der Waals surface area contributed by atoms with E-state index in [4.69, 9.17) is 5.73 Å². The second-order valence-electron chi connectivity index (χ2n) is 5.79. The average Bonchev–Trinajstić information content (AvgIpc) is 2.38. The lowest BCUT2D eigenvalue weighted by molar-refractivity contribution is -0.137. The Morgan fingerprint density at radius 3 is 2.84 bits per heavy atom. The molecule has 19 heavy (non-hydrogen) atoms. The summed E-state index contributed by atoms with van der Waals surface area (Å²) < 4.78 is 1.00. The van der Waals surface area contributed by atoms with Crippen molar-refractivity contribution in [3.05, 3.63) is 34.3 Å². The third kappa shape index (κ3) is 3.18.